The Kier molecular flexibility index (Phi) is 9.07. The summed E-state index contributed by atoms with van der Waals surface area (Å²) >= 11 is 18.3. The molecule has 0 aliphatic carbocycles. The van der Waals surface area contributed by atoms with Gasteiger partial charge in [0.05, 0.1) is 6.61 Å². The molecule has 0 N–H and O–H groups in total. The lowest BCUT2D eigenvalue weighted by atomic mass is 10.0. The van der Waals surface area contributed by atoms with Crippen molar-refractivity contribution >= 4 is 74.6 Å². The summed E-state index contributed by atoms with van der Waals surface area (Å²) < 4.78 is 3.84. The molecular formula is C27H26Cl3O3P. The first-order valence-electron chi connectivity index (χ1n) is 10.9. The fourth-order valence-corrected chi connectivity index (χ4v) is 8.48. The molecular weight excluding hydrogens is 510 g/mol. The highest BCUT2D eigenvalue weighted by Crippen LogP contribution is 2.47. The fraction of sp³-hybridized carbons (Fsp3) is 0.222. The molecule has 1 unspecified atom stereocenters. The van der Waals surface area contributed by atoms with Gasteiger partial charge in [0.2, 0.25) is 0 Å². The van der Waals surface area contributed by atoms with Crippen LogP contribution in [-0.4, -0.2) is 27.4 Å². The molecule has 0 bridgehead atoms. The SMILES string of the molecule is CCOC(=O)C(C(=O)CC(C)C(Cl)(Cl)Cl)=P(c1ccccc1)(c1ccccc1)c1ccccc1. The third kappa shape index (κ3) is 5.61. The van der Waals surface area contributed by atoms with Crippen molar-refractivity contribution in [2.24, 2.45) is 5.92 Å². The zero-order valence-electron chi connectivity index (χ0n) is 19.0. The number of ether oxygens (including phenoxy) is 1. The van der Waals surface area contributed by atoms with E-state index >= 15 is 0 Å². The molecule has 3 rings (SSSR count). The van der Waals surface area contributed by atoms with Gasteiger partial charge in [-0.1, -0.05) is 133 Å². The van der Waals surface area contributed by atoms with Gasteiger partial charge in [-0.15, -0.1) is 0 Å². The molecule has 7 heteroatoms. The number of Topliss-reactive ketones (excluding diaryl/α,β-unsaturated/α-hetero) is 1. The lowest BCUT2D eigenvalue weighted by Crippen LogP contribution is -2.39. The van der Waals surface area contributed by atoms with Crippen molar-refractivity contribution in [2.75, 3.05) is 6.61 Å². The number of esters is 1. The predicted octanol–water partition coefficient (Wildman–Crippen LogP) is 5.68. The Bertz CT molecular complexity index is 1070. The molecule has 3 aromatic rings. The minimum atomic E-state index is -2.95. The highest BCUT2D eigenvalue weighted by atomic mass is 35.6. The smallest absolute Gasteiger partial charge is 0.342 e. The maximum Gasteiger partial charge on any atom is 0.342 e. The molecule has 34 heavy (non-hydrogen) atoms. The highest BCUT2D eigenvalue weighted by molar-refractivity contribution is 7.97. The second-order valence-electron chi connectivity index (χ2n) is 7.82. The molecule has 0 aromatic heterocycles. The molecule has 1 atom stereocenters. The van der Waals surface area contributed by atoms with Crippen LogP contribution in [0, 0.1) is 5.92 Å². The number of hydrogen-bond acceptors (Lipinski definition) is 3. The van der Waals surface area contributed by atoms with Gasteiger partial charge in [0, 0.05) is 12.3 Å². The standard InChI is InChI=1S/C27H26Cl3O3P/c1-3-33-26(32)25(24(31)19-20(2)27(28,29)30)34(21-13-7-4-8-14-21,22-15-9-5-10-16-22)23-17-11-6-12-18-23/h4-18,20H,3,19H2,1-2H3. The third-order valence-corrected chi connectivity index (χ3v) is 11.0. The normalized spacial score (nSPS) is 12.6. The van der Waals surface area contributed by atoms with E-state index in [1.807, 2.05) is 91.0 Å². The van der Waals surface area contributed by atoms with Crippen LogP contribution in [0.25, 0.3) is 0 Å². The van der Waals surface area contributed by atoms with Crippen molar-refractivity contribution < 1.29 is 14.3 Å². The van der Waals surface area contributed by atoms with Crippen molar-refractivity contribution in [1.82, 2.24) is 0 Å². The van der Waals surface area contributed by atoms with Crippen molar-refractivity contribution in [3.63, 3.8) is 0 Å². The molecule has 0 spiro atoms. The van der Waals surface area contributed by atoms with Gasteiger partial charge in [0.1, 0.15) is 5.29 Å². The molecule has 3 nitrogen and oxygen atoms in total. The van der Waals surface area contributed by atoms with Gasteiger partial charge in [-0.3, -0.25) is 4.79 Å². The Labute approximate surface area is 216 Å². The van der Waals surface area contributed by atoms with E-state index in [-0.39, 0.29) is 24.1 Å². The fourth-order valence-electron chi connectivity index (χ4n) is 3.92. The van der Waals surface area contributed by atoms with Gasteiger partial charge in [-0.25, -0.2) is 4.79 Å². The molecule has 0 fully saturated rings. The average molecular weight is 536 g/mol. The van der Waals surface area contributed by atoms with Gasteiger partial charge >= 0.3 is 5.97 Å². The Balaban J connectivity index is 2.53. The molecule has 0 heterocycles. The number of hydrogen-bond donors (Lipinski definition) is 0. The second kappa shape index (κ2) is 11.6. The van der Waals surface area contributed by atoms with Crippen molar-refractivity contribution in [2.45, 2.75) is 24.1 Å². The van der Waals surface area contributed by atoms with Crippen LogP contribution in [0.1, 0.15) is 20.3 Å². The van der Waals surface area contributed by atoms with E-state index in [1.165, 1.54) is 0 Å². The summed E-state index contributed by atoms with van der Waals surface area (Å²) in [6, 6.07) is 28.9. The van der Waals surface area contributed by atoms with Crippen LogP contribution in [0.15, 0.2) is 91.0 Å². The first-order valence-corrected chi connectivity index (χ1v) is 13.9. The van der Waals surface area contributed by atoms with Crippen molar-refractivity contribution in [1.29, 1.82) is 0 Å². The van der Waals surface area contributed by atoms with Gasteiger partial charge < -0.3 is 4.74 Å². The lowest BCUT2D eigenvalue weighted by Gasteiger charge is -2.32. The topological polar surface area (TPSA) is 43.4 Å². The zero-order chi connectivity index (χ0) is 24.8. The van der Waals surface area contributed by atoms with Gasteiger partial charge in [-0.2, -0.15) is 0 Å². The summed E-state index contributed by atoms with van der Waals surface area (Å²) in [5.41, 5.74) is 0. The number of carbonyl (C=O) groups is 2. The Morgan fingerprint density at radius 3 is 1.50 bits per heavy atom. The maximum atomic E-state index is 14.0. The summed E-state index contributed by atoms with van der Waals surface area (Å²) in [6.45, 7) is 0.584. The summed E-state index contributed by atoms with van der Waals surface area (Å²) in [5, 5.41) is 2.69. The summed E-state index contributed by atoms with van der Waals surface area (Å²) in [7, 11) is 0. The quantitative estimate of drug-likeness (QED) is 0.161. The molecule has 3 aromatic carbocycles. The van der Waals surface area contributed by atoms with Gasteiger partial charge in [0.15, 0.2) is 9.58 Å². The van der Waals surface area contributed by atoms with Gasteiger partial charge in [-0.05, 0) is 29.7 Å². The van der Waals surface area contributed by atoms with E-state index in [2.05, 4.69) is 0 Å². The number of alkyl halides is 3. The minimum Gasteiger partial charge on any atom is -0.462 e. The number of benzene rings is 3. The molecule has 0 aliphatic rings. The molecule has 0 aliphatic heterocycles. The summed E-state index contributed by atoms with van der Waals surface area (Å²) in [6.07, 6.45) is -0.112. The monoisotopic (exact) mass is 534 g/mol. The van der Waals surface area contributed by atoms with Crippen molar-refractivity contribution in [3.8, 4) is 0 Å². The second-order valence-corrected chi connectivity index (χ2v) is 13.5. The largest absolute Gasteiger partial charge is 0.462 e. The van der Waals surface area contributed by atoms with Crippen LogP contribution in [0.3, 0.4) is 0 Å². The van der Waals surface area contributed by atoms with Crippen LogP contribution in [0.5, 0.6) is 0 Å². The minimum absolute atomic E-state index is 0.0963. The van der Waals surface area contributed by atoms with E-state index in [0.29, 0.717) is 0 Å². The summed E-state index contributed by atoms with van der Waals surface area (Å²) in [4.78, 5) is 27.6. The number of ketones is 1. The van der Waals surface area contributed by atoms with Crippen LogP contribution < -0.4 is 15.9 Å². The molecule has 0 radical (unpaired) electrons. The highest BCUT2D eigenvalue weighted by Gasteiger charge is 2.39. The Hall–Kier alpha value is -2.03. The van der Waals surface area contributed by atoms with Crippen LogP contribution in [0.2, 0.25) is 0 Å². The Morgan fingerprint density at radius 1 is 0.794 bits per heavy atom. The first-order chi connectivity index (χ1) is 16.2. The van der Waals surface area contributed by atoms with E-state index in [1.54, 1.807) is 13.8 Å². The average Bonchev–Trinajstić information content (AvgIpc) is 2.83. The van der Waals surface area contributed by atoms with Crippen LogP contribution in [-0.2, 0) is 14.3 Å². The number of halogens is 3. The first kappa shape index (κ1) is 26.6. The van der Waals surface area contributed by atoms with Crippen molar-refractivity contribution in [3.05, 3.63) is 91.0 Å². The summed E-state index contributed by atoms with van der Waals surface area (Å²) in [5.74, 6) is -1.64. The van der Waals surface area contributed by atoms with E-state index in [0.717, 1.165) is 15.9 Å². The molecule has 0 amide bonds. The van der Waals surface area contributed by atoms with Gasteiger partial charge in [0.25, 0.3) is 0 Å². The number of rotatable bonds is 8. The molecule has 0 saturated carbocycles. The molecule has 178 valence electrons. The predicted molar refractivity (Wildman–Crippen MR) is 146 cm³/mol. The lowest BCUT2D eigenvalue weighted by molar-refractivity contribution is -0.135. The van der Waals surface area contributed by atoms with E-state index in [4.69, 9.17) is 39.5 Å². The number of carbonyl (C=O) groups excluding carboxylic acids is 2. The zero-order valence-corrected chi connectivity index (χ0v) is 22.1. The van der Waals surface area contributed by atoms with Crippen LogP contribution in [0.4, 0.5) is 0 Å². The molecule has 0 saturated heterocycles. The van der Waals surface area contributed by atoms with E-state index < -0.39 is 22.6 Å². The van der Waals surface area contributed by atoms with Crippen LogP contribution >= 0.6 is 41.7 Å². The maximum absolute atomic E-state index is 14.0. The van der Waals surface area contributed by atoms with E-state index in [9.17, 15) is 9.59 Å². The Morgan fingerprint density at radius 2 is 1.18 bits per heavy atom. The third-order valence-electron chi connectivity index (χ3n) is 5.55.